The first-order valence-electron chi connectivity index (χ1n) is 13.8. The molecule has 0 radical (unpaired) electrons. The monoisotopic (exact) mass is 558 g/mol. The van der Waals surface area contributed by atoms with Crippen molar-refractivity contribution in [1.82, 2.24) is 21.7 Å². The van der Waals surface area contributed by atoms with Crippen LogP contribution in [0.15, 0.2) is 146 Å². The Bertz CT molecular complexity index is 1320. The molecule has 7 rings (SSSR count). The number of nitrogens with one attached hydrogen (secondary N) is 4. The molecule has 2 aliphatic heterocycles. The van der Waals surface area contributed by atoms with Crippen LogP contribution in [0.25, 0.3) is 0 Å². The minimum atomic E-state index is -0.694. The van der Waals surface area contributed by atoms with E-state index < -0.39 is 15.8 Å². The molecule has 5 aromatic carbocycles. The van der Waals surface area contributed by atoms with Gasteiger partial charge in [-0.1, -0.05) is 146 Å². The molecule has 198 valence electrons. The molecule has 1 unspecified atom stereocenters. The van der Waals surface area contributed by atoms with Gasteiger partial charge in [0.2, 0.25) is 0 Å². The molecule has 2 saturated heterocycles. The molecule has 2 heterocycles. The zero-order valence-corrected chi connectivity index (χ0v) is 23.8. The lowest BCUT2D eigenvalue weighted by Crippen LogP contribution is -2.27. The zero-order chi connectivity index (χ0) is 26.7. The summed E-state index contributed by atoms with van der Waals surface area (Å²) in [6, 6.07) is 52.9. The number of hydrogen-bond acceptors (Lipinski definition) is 4. The standard InChI is InChI=1S/C34H32N4P2/c1-5-15-25(16-6-1)31-35-36-32(26-17-7-2-8-18-26)39(31)29-23-13-14-24-30(29)40-33(27-19-9-3-10-20-27)37-38-34(40)28-21-11-4-12-22-28/h1-24,31-38H/t31-,32-,33-,34+,40?/m0/s1. The van der Waals surface area contributed by atoms with Crippen LogP contribution >= 0.6 is 15.8 Å². The number of hydrazine groups is 2. The van der Waals surface area contributed by atoms with Crippen LogP contribution in [0.4, 0.5) is 0 Å². The van der Waals surface area contributed by atoms with Crippen molar-refractivity contribution in [3.8, 4) is 0 Å². The average molecular weight is 559 g/mol. The van der Waals surface area contributed by atoms with Gasteiger partial charge in [0.1, 0.15) is 0 Å². The van der Waals surface area contributed by atoms with Crippen molar-refractivity contribution >= 4 is 26.5 Å². The van der Waals surface area contributed by atoms with E-state index >= 15 is 0 Å². The van der Waals surface area contributed by atoms with E-state index in [1.807, 2.05) is 0 Å². The summed E-state index contributed by atoms with van der Waals surface area (Å²) in [7, 11) is -1.39. The third kappa shape index (κ3) is 4.93. The van der Waals surface area contributed by atoms with Crippen molar-refractivity contribution in [2.45, 2.75) is 23.1 Å². The fourth-order valence-corrected chi connectivity index (χ4v) is 12.3. The molecule has 0 amide bonds. The van der Waals surface area contributed by atoms with E-state index in [0.29, 0.717) is 0 Å². The highest BCUT2D eigenvalue weighted by Gasteiger charge is 2.44. The van der Waals surface area contributed by atoms with Crippen LogP contribution < -0.4 is 32.3 Å². The summed E-state index contributed by atoms with van der Waals surface area (Å²) in [4.78, 5) is 0. The Hall–Kier alpha value is -3.20. The minimum Gasteiger partial charge on any atom is -0.245 e. The summed E-state index contributed by atoms with van der Waals surface area (Å²) < 4.78 is 0. The van der Waals surface area contributed by atoms with Gasteiger partial charge in [-0.25, -0.2) is 21.7 Å². The average Bonchev–Trinajstić information content (AvgIpc) is 3.68. The van der Waals surface area contributed by atoms with Gasteiger partial charge in [-0.2, -0.15) is 0 Å². The van der Waals surface area contributed by atoms with Crippen LogP contribution in [0.5, 0.6) is 0 Å². The van der Waals surface area contributed by atoms with Gasteiger partial charge in [-0.3, -0.25) is 0 Å². The third-order valence-electron chi connectivity index (χ3n) is 7.73. The molecule has 6 heteroatoms. The Kier molecular flexibility index (Phi) is 7.55. The lowest BCUT2D eigenvalue weighted by molar-refractivity contribution is 0.555. The summed E-state index contributed by atoms with van der Waals surface area (Å²) in [5, 5.41) is 2.94. The fraction of sp³-hybridized carbons (Fsp3) is 0.118. The molecule has 4 N–H and O–H groups in total. The van der Waals surface area contributed by atoms with E-state index in [1.54, 1.807) is 0 Å². The second-order valence-electron chi connectivity index (χ2n) is 10.1. The van der Waals surface area contributed by atoms with Crippen molar-refractivity contribution in [2.75, 3.05) is 0 Å². The van der Waals surface area contributed by atoms with Gasteiger partial charge in [-0.15, -0.1) is 0 Å². The van der Waals surface area contributed by atoms with Gasteiger partial charge < -0.3 is 0 Å². The molecular formula is C34H32N4P2. The number of benzene rings is 5. The van der Waals surface area contributed by atoms with E-state index in [1.165, 1.54) is 32.9 Å². The van der Waals surface area contributed by atoms with Crippen molar-refractivity contribution in [1.29, 1.82) is 0 Å². The molecule has 0 aliphatic carbocycles. The highest BCUT2D eigenvalue weighted by molar-refractivity contribution is 7.72. The summed E-state index contributed by atoms with van der Waals surface area (Å²) in [6.07, 6.45) is 0. The van der Waals surface area contributed by atoms with Crippen molar-refractivity contribution in [2.24, 2.45) is 0 Å². The van der Waals surface area contributed by atoms with Gasteiger partial charge in [-0.05, 0) is 48.7 Å². The lowest BCUT2D eigenvalue weighted by atomic mass is 10.2. The second kappa shape index (κ2) is 11.7. The maximum atomic E-state index is 3.73. The molecular weight excluding hydrogens is 526 g/mol. The van der Waals surface area contributed by atoms with E-state index in [0.717, 1.165) is 0 Å². The largest absolute Gasteiger partial charge is 0.245 e. The molecule has 2 fully saturated rings. The van der Waals surface area contributed by atoms with Crippen LogP contribution in [-0.4, -0.2) is 0 Å². The Morgan fingerprint density at radius 1 is 0.300 bits per heavy atom. The highest BCUT2D eigenvalue weighted by Crippen LogP contribution is 2.65. The van der Waals surface area contributed by atoms with Crippen LogP contribution in [0.2, 0.25) is 0 Å². The summed E-state index contributed by atoms with van der Waals surface area (Å²) >= 11 is 0. The highest BCUT2D eigenvalue weighted by atomic mass is 31.1. The van der Waals surface area contributed by atoms with E-state index in [2.05, 4.69) is 167 Å². The molecule has 4 nitrogen and oxygen atoms in total. The summed E-state index contributed by atoms with van der Waals surface area (Å²) in [5.74, 6) is 0.802. The lowest BCUT2D eigenvalue weighted by Gasteiger charge is -2.32. The van der Waals surface area contributed by atoms with Crippen LogP contribution in [-0.2, 0) is 0 Å². The quantitative estimate of drug-likeness (QED) is 0.171. The maximum absolute atomic E-state index is 3.73. The molecule has 0 aromatic heterocycles. The van der Waals surface area contributed by atoms with Gasteiger partial charge in [0.15, 0.2) is 0 Å². The third-order valence-corrected chi connectivity index (χ3v) is 13.7. The first-order chi connectivity index (χ1) is 19.9. The van der Waals surface area contributed by atoms with Gasteiger partial charge in [0, 0.05) is 0 Å². The molecule has 0 spiro atoms. The van der Waals surface area contributed by atoms with Crippen LogP contribution in [0.3, 0.4) is 0 Å². The molecule has 0 saturated carbocycles. The molecule has 5 aromatic rings. The first-order valence-corrected chi connectivity index (χ1v) is 16.7. The summed E-state index contributed by atoms with van der Waals surface area (Å²) in [5.41, 5.74) is 20.2. The maximum Gasteiger partial charge on any atom is 0.0718 e. The Morgan fingerprint density at radius 3 is 0.775 bits per heavy atom. The van der Waals surface area contributed by atoms with Crippen molar-refractivity contribution < 1.29 is 0 Å². The smallest absolute Gasteiger partial charge is 0.0718 e. The number of rotatable bonds is 6. The van der Waals surface area contributed by atoms with Crippen LogP contribution in [0, 0.1) is 0 Å². The summed E-state index contributed by atoms with van der Waals surface area (Å²) in [6.45, 7) is 0. The predicted molar refractivity (Wildman–Crippen MR) is 169 cm³/mol. The van der Waals surface area contributed by atoms with Crippen molar-refractivity contribution in [3.63, 3.8) is 0 Å². The molecule has 5 atom stereocenters. The topological polar surface area (TPSA) is 48.1 Å². The van der Waals surface area contributed by atoms with E-state index in [9.17, 15) is 0 Å². The molecule has 40 heavy (non-hydrogen) atoms. The zero-order valence-electron chi connectivity index (χ0n) is 22.1. The normalized spacial score (nSPS) is 24.8. The second-order valence-corrected chi connectivity index (χ2v) is 14.8. The number of hydrogen-bond donors (Lipinski definition) is 4. The Balaban J connectivity index is 1.39. The van der Waals surface area contributed by atoms with Crippen LogP contribution in [0.1, 0.15) is 45.4 Å². The Morgan fingerprint density at radius 2 is 0.525 bits per heavy atom. The molecule has 2 aliphatic rings. The first kappa shape index (κ1) is 25.7. The molecule has 0 bridgehead atoms. The minimum absolute atomic E-state index is 0.200. The van der Waals surface area contributed by atoms with Gasteiger partial charge in [0.05, 0.1) is 23.1 Å². The SMILES string of the molecule is c1ccc([C@H]2NN[C@H](c3ccccc3)P2c2ccccc2P2[C@@H](c3ccccc3)NN[C@H]2c2ccccc2)cc1. The Labute approximate surface area is 238 Å². The van der Waals surface area contributed by atoms with Crippen molar-refractivity contribution in [3.05, 3.63) is 168 Å². The van der Waals surface area contributed by atoms with E-state index in [4.69, 9.17) is 0 Å². The van der Waals surface area contributed by atoms with Gasteiger partial charge >= 0.3 is 0 Å². The van der Waals surface area contributed by atoms with Gasteiger partial charge in [0.25, 0.3) is 0 Å². The van der Waals surface area contributed by atoms with E-state index in [-0.39, 0.29) is 23.1 Å². The predicted octanol–water partition coefficient (Wildman–Crippen LogP) is 6.91. The fourth-order valence-electron chi connectivity index (χ4n) is 5.87.